The molecule has 0 spiro atoms. The highest BCUT2D eigenvalue weighted by atomic mass is 79.9. The van der Waals surface area contributed by atoms with Crippen molar-refractivity contribution in [2.45, 2.75) is 44.6 Å². The maximum Gasteiger partial charge on any atom is 0.0195 e. The van der Waals surface area contributed by atoms with Gasteiger partial charge in [0.05, 0.1) is 0 Å². The molecular formula is C14H20BrN. The van der Waals surface area contributed by atoms with Crippen molar-refractivity contribution in [3.8, 4) is 0 Å². The molecule has 0 radical (unpaired) electrons. The van der Waals surface area contributed by atoms with Crippen molar-refractivity contribution in [3.05, 3.63) is 34.3 Å². The van der Waals surface area contributed by atoms with Gasteiger partial charge in [0.15, 0.2) is 0 Å². The Bertz CT molecular complexity index is 336. The summed E-state index contributed by atoms with van der Waals surface area (Å²) >= 11 is 3.46. The molecule has 2 N–H and O–H groups in total. The number of rotatable bonds is 2. The van der Waals surface area contributed by atoms with Crippen LogP contribution in [0.1, 0.15) is 38.2 Å². The van der Waals surface area contributed by atoms with Gasteiger partial charge in [-0.25, -0.2) is 0 Å². The Labute approximate surface area is 107 Å². The minimum Gasteiger partial charge on any atom is -0.325 e. The van der Waals surface area contributed by atoms with E-state index in [1.165, 1.54) is 31.2 Å². The van der Waals surface area contributed by atoms with Gasteiger partial charge in [-0.05, 0) is 55.7 Å². The molecule has 0 aromatic heterocycles. The van der Waals surface area contributed by atoms with E-state index in [1.54, 1.807) is 0 Å². The summed E-state index contributed by atoms with van der Waals surface area (Å²) < 4.78 is 1.14. The Hall–Kier alpha value is -0.340. The zero-order valence-electron chi connectivity index (χ0n) is 9.88. The van der Waals surface area contributed by atoms with Gasteiger partial charge in [-0.1, -0.05) is 35.0 Å². The molecule has 16 heavy (non-hydrogen) atoms. The summed E-state index contributed by atoms with van der Waals surface area (Å²) in [6.07, 6.45) is 5.93. The second kappa shape index (κ2) is 4.89. The number of nitrogens with two attached hydrogens (primary N) is 1. The molecule has 0 saturated heterocycles. The molecule has 1 nitrogen and oxygen atoms in total. The quantitative estimate of drug-likeness (QED) is 0.874. The summed E-state index contributed by atoms with van der Waals surface area (Å²) in [7, 11) is 0. The van der Waals surface area contributed by atoms with Gasteiger partial charge in [-0.2, -0.15) is 0 Å². The van der Waals surface area contributed by atoms with Crippen LogP contribution in [0.4, 0.5) is 0 Å². The van der Waals surface area contributed by atoms with E-state index < -0.39 is 0 Å². The van der Waals surface area contributed by atoms with Crippen molar-refractivity contribution in [2.24, 2.45) is 11.7 Å². The van der Waals surface area contributed by atoms with E-state index in [-0.39, 0.29) is 5.54 Å². The van der Waals surface area contributed by atoms with Crippen molar-refractivity contribution in [2.75, 3.05) is 0 Å². The van der Waals surface area contributed by atoms with Gasteiger partial charge in [-0.15, -0.1) is 0 Å². The van der Waals surface area contributed by atoms with E-state index in [9.17, 15) is 0 Å². The normalized spacial score (nSPS) is 30.3. The first-order chi connectivity index (χ1) is 7.57. The minimum atomic E-state index is 0.0420. The summed E-state index contributed by atoms with van der Waals surface area (Å²) in [5.41, 5.74) is 7.88. The van der Waals surface area contributed by atoms with Gasteiger partial charge in [-0.3, -0.25) is 0 Å². The molecule has 0 bridgehead atoms. The fourth-order valence-electron chi connectivity index (χ4n) is 2.52. The van der Waals surface area contributed by atoms with Crippen LogP contribution in [0, 0.1) is 5.92 Å². The van der Waals surface area contributed by atoms with Crippen molar-refractivity contribution in [1.82, 2.24) is 0 Å². The highest BCUT2D eigenvalue weighted by Gasteiger charge is 2.30. The van der Waals surface area contributed by atoms with Crippen LogP contribution in [0.5, 0.6) is 0 Å². The minimum absolute atomic E-state index is 0.0420. The lowest BCUT2D eigenvalue weighted by Crippen LogP contribution is -2.45. The lowest BCUT2D eigenvalue weighted by molar-refractivity contribution is 0.243. The summed E-state index contributed by atoms with van der Waals surface area (Å²) in [5.74, 6) is 0.863. The highest BCUT2D eigenvalue weighted by Crippen LogP contribution is 2.32. The van der Waals surface area contributed by atoms with Crippen LogP contribution in [-0.2, 0) is 6.42 Å². The smallest absolute Gasteiger partial charge is 0.0195 e. The molecule has 2 heteroatoms. The van der Waals surface area contributed by atoms with Crippen molar-refractivity contribution in [3.63, 3.8) is 0 Å². The second-order valence-corrected chi connectivity index (χ2v) is 6.26. The van der Waals surface area contributed by atoms with Gasteiger partial charge in [0, 0.05) is 10.0 Å². The molecule has 0 aliphatic heterocycles. The van der Waals surface area contributed by atoms with Crippen LogP contribution in [-0.4, -0.2) is 5.54 Å². The Balaban J connectivity index is 2.00. The Morgan fingerprint density at radius 3 is 2.38 bits per heavy atom. The number of hydrogen-bond acceptors (Lipinski definition) is 1. The number of hydrogen-bond donors (Lipinski definition) is 1. The van der Waals surface area contributed by atoms with Crippen LogP contribution in [0.15, 0.2) is 28.7 Å². The molecular weight excluding hydrogens is 262 g/mol. The molecule has 2 rings (SSSR count). The summed E-state index contributed by atoms with van der Waals surface area (Å²) in [4.78, 5) is 0. The maximum atomic E-state index is 6.48. The van der Waals surface area contributed by atoms with E-state index in [2.05, 4.69) is 47.1 Å². The zero-order valence-corrected chi connectivity index (χ0v) is 11.5. The molecule has 1 fully saturated rings. The van der Waals surface area contributed by atoms with E-state index in [0.29, 0.717) is 0 Å². The van der Waals surface area contributed by atoms with E-state index in [1.807, 2.05) is 0 Å². The van der Waals surface area contributed by atoms with E-state index in [4.69, 9.17) is 5.73 Å². The average Bonchev–Trinajstić information content (AvgIpc) is 2.27. The molecule has 0 unspecified atom stereocenters. The summed E-state index contributed by atoms with van der Waals surface area (Å²) in [5, 5.41) is 0. The standard InChI is InChI=1S/C14H20BrN/c1-11-6-8-14(16,9-7-11)10-12-2-4-13(15)5-3-12/h2-5,11H,6-10,16H2,1H3. The van der Waals surface area contributed by atoms with Crippen LogP contribution in [0.25, 0.3) is 0 Å². The predicted molar refractivity (Wildman–Crippen MR) is 72.4 cm³/mol. The number of halogens is 1. The summed E-state index contributed by atoms with van der Waals surface area (Å²) in [6, 6.07) is 8.56. The Morgan fingerprint density at radius 2 is 1.81 bits per heavy atom. The Kier molecular flexibility index (Phi) is 3.70. The Morgan fingerprint density at radius 1 is 1.25 bits per heavy atom. The average molecular weight is 282 g/mol. The topological polar surface area (TPSA) is 26.0 Å². The molecule has 1 saturated carbocycles. The lowest BCUT2D eigenvalue weighted by Gasteiger charge is -2.36. The van der Waals surface area contributed by atoms with E-state index >= 15 is 0 Å². The van der Waals surface area contributed by atoms with Gasteiger partial charge in [0.2, 0.25) is 0 Å². The summed E-state index contributed by atoms with van der Waals surface area (Å²) in [6.45, 7) is 2.33. The predicted octanol–water partition coefficient (Wildman–Crippen LogP) is 3.90. The van der Waals surface area contributed by atoms with Crippen molar-refractivity contribution >= 4 is 15.9 Å². The van der Waals surface area contributed by atoms with Crippen LogP contribution in [0.3, 0.4) is 0 Å². The van der Waals surface area contributed by atoms with Crippen molar-refractivity contribution in [1.29, 1.82) is 0 Å². The third-order valence-corrected chi connectivity index (χ3v) is 4.27. The molecule has 0 atom stereocenters. The lowest BCUT2D eigenvalue weighted by atomic mass is 9.75. The first-order valence-electron chi connectivity index (χ1n) is 6.11. The maximum absolute atomic E-state index is 6.48. The molecule has 88 valence electrons. The third-order valence-electron chi connectivity index (χ3n) is 3.74. The zero-order chi connectivity index (χ0) is 11.6. The highest BCUT2D eigenvalue weighted by molar-refractivity contribution is 9.10. The second-order valence-electron chi connectivity index (χ2n) is 5.35. The first kappa shape index (κ1) is 12.1. The fraction of sp³-hybridized carbons (Fsp3) is 0.571. The molecule has 0 heterocycles. The first-order valence-corrected chi connectivity index (χ1v) is 6.90. The molecule has 1 aliphatic rings. The molecule has 0 amide bonds. The van der Waals surface area contributed by atoms with Crippen LogP contribution < -0.4 is 5.73 Å². The molecule has 1 aliphatic carbocycles. The van der Waals surface area contributed by atoms with Gasteiger partial charge in [0.1, 0.15) is 0 Å². The molecule has 1 aromatic rings. The van der Waals surface area contributed by atoms with Crippen LogP contribution >= 0.6 is 15.9 Å². The van der Waals surface area contributed by atoms with E-state index in [0.717, 1.165) is 16.8 Å². The molecule has 1 aromatic carbocycles. The van der Waals surface area contributed by atoms with Crippen LogP contribution in [0.2, 0.25) is 0 Å². The van der Waals surface area contributed by atoms with Gasteiger partial charge in [0.25, 0.3) is 0 Å². The largest absolute Gasteiger partial charge is 0.325 e. The monoisotopic (exact) mass is 281 g/mol. The fourth-order valence-corrected chi connectivity index (χ4v) is 2.79. The number of benzene rings is 1. The third kappa shape index (κ3) is 3.08. The van der Waals surface area contributed by atoms with Gasteiger partial charge < -0.3 is 5.73 Å². The van der Waals surface area contributed by atoms with Crippen molar-refractivity contribution < 1.29 is 0 Å². The SMILES string of the molecule is CC1CCC(N)(Cc2ccc(Br)cc2)CC1. The van der Waals surface area contributed by atoms with Gasteiger partial charge >= 0.3 is 0 Å².